The number of hydrogen-bond acceptors (Lipinski definition) is 5. The first-order chi connectivity index (χ1) is 7.63. The predicted octanol–water partition coefficient (Wildman–Crippen LogP) is 0.704. The zero-order chi connectivity index (χ0) is 11.7. The van der Waals surface area contributed by atoms with Gasteiger partial charge in [-0.3, -0.25) is 9.99 Å². The molecule has 0 radical (unpaired) electrons. The zero-order valence-corrected chi connectivity index (χ0v) is 8.90. The monoisotopic (exact) mass is 222 g/mol. The van der Waals surface area contributed by atoms with Gasteiger partial charge in [-0.2, -0.15) is 4.98 Å². The van der Waals surface area contributed by atoms with E-state index in [0.717, 1.165) is 17.6 Å². The van der Waals surface area contributed by atoms with Gasteiger partial charge in [-0.1, -0.05) is 0 Å². The van der Waals surface area contributed by atoms with Crippen molar-refractivity contribution >= 4 is 5.95 Å². The number of nitrogens with two attached hydrogens (primary N) is 1. The van der Waals surface area contributed by atoms with E-state index >= 15 is 0 Å². The third kappa shape index (κ3) is 1.61. The molecule has 2 rings (SSSR count). The van der Waals surface area contributed by atoms with Crippen LogP contribution in [-0.4, -0.2) is 19.5 Å². The summed E-state index contributed by atoms with van der Waals surface area (Å²) in [7, 11) is 0. The second-order valence-electron chi connectivity index (χ2n) is 3.29. The van der Waals surface area contributed by atoms with Crippen LogP contribution < -0.4 is 11.3 Å². The van der Waals surface area contributed by atoms with Gasteiger partial charge in [0.1, 0.15) is 6.33 Å². The summed E-state index contributed by atoms with van der Waals surface area (Å²) >= 11 is 0. The second kappa shape index (κ2) is 3.86. The van der Waals surface area contributed by atoms with E-state index in [1.807, 2.05) is 13.8 Å². The van der Waals surface area contributed by atoms with Gasteiger partial charge in [-0.25, -0.2) is 20.2 Å². The SMILES string of the molecule is Cc1ncn(-c2nc(NN)ncc2F)c1C. The first-order valence-corrected chi connectivity index (χ1v) is 4.63. The molecule has 0 aliphatic carbocycles. The van der Waals surface area contributed by atoms with Gasteiger partial charge in [0.15, 0.2) is 11.6 Å². The average Bonchev–Trinajstić information content (AvgIpc) is 2.61. The van der Waals surface area contributed by atoms with Crippen molar-refractivity contribution in [2.45, 2.75) is 13.8 Å². The number of rotatable bonds is 2. The maximum Gasteiger partial charge on any atom is 0.239 e. The first-order valence-electron chi connectivity index (χ1n) is 4.63. The molecule has 84 valence electrons. The van der Waals surface area contributed by atoms with Crippen LogP contribution in [-0.2, 0) is 0 Å². The van der Waals surface area contributed by atoms with Crippen LogP contribution in [0.5, 0.6) is 0 Å². The summed E-state index contributed by atoms with van der Waals surface area (Å²) in [6.45, 7) is 3.67. The number of aryl methyl sites for hydroxylation is 1. The summed E-state index contributed by atoms with van der Waals surface area (Å²) in [5, 5.41) is 0. The molecule has 2 heterocycles. The molecular weight excluding hydrogens is 211 g/mol. The van der Waals surface area contributed by atoms with E-state index in [9.17, 15) is 4.39 Å². The maximum atomic E-state index is 13.5. The molecule has 2 aromatic rings. The maximum absolute atomic E-state index is 13.5. The Hall–Kier alpha value is -2.02. The summed E-state index contributed by atoms with van der Waals surface area (Å²) in [5.41, 5.74) is 3.91. The van der Waals surface area contributed by atoms with Crippen molar-refractivity contribution in [2.75, 3.05) is 5.43 Å². The molecule has 0 saturated heterocycles. The van der Waals surface area contributed by atoms with Crippen LogP contribution >= 0.6 is 0 Å². The van der Waals surface area contributed by atoms with E-state index in [1.54, 1.807) is 4.57 Å². The zero-order valence-electron chi connectivity index (χ0n) is 8.90. The molecule has 3 N–H and O–H groups in total. The molecule has 0 aromatic carbocycles. The number of nitrogens with zero attached hydrogens (tertiary/aromatic N) is 4. The standard InChI is InChI=1S/C9H11FN6/c1-5-6(2)16(4-13-5)8-7(10)3-12-9(14-8)15-11/h3-4H,11H2,1-2H3,(H,12,14,15). The van der Waals surface area contributed by atoms with Crippen molar-refractivity contribution in [2.24, 2.45) is 5.84 Å². The lowest BCUT2D eigenvalue weighted by Crippen LogP contribution is -2.13. The van der Waals surface area contributed by atoms with Crippen LogP contribution in [0.3, 0.4) is 0 Å². The van der Waals surface area contributed by atoms with E-state index in [1.165, 1.54) is 6.33 Å². The van der Waals surface area contributed by atoms with Gasteiger partial charge in [0.25, 0.3) is 0 Å². The Morgan fingerprint density at radius 2 is 2.12 bits per heavy atom. The van der Waals surface area contributed by atoms with Gasteiger partial charge in [0.05, 0.1) is 11.9 Å². The highest BCUT2D eigenvalue weighted by molar-refractivity contribution is 5.34. The number of nitrogens with one attached hydrogen (secondary N) is 1. The molecule has 0 aliphatic heterocycles. The Labute approximate surface area is 91.3 Å². The van der Waals surface area contributed by atoms with E-state index in [0.29, 0.717) is 0 Å². The fourth-order valence-corrected chi connectivity index (χ4v) is 1.31. The first kappa shape index (κ1) is 10.5. The van der Waals surface area contributed by atoms with Crippen LogP contribution in [0.15, 0.2) is 12.5 Å². The van der Waals surface area contributed by atoms with Gasteiger partial charge in [-0.15, -0.1) is 0 Å². The van der Waals surface area contributed by atoms with Crippen molar-refractivity contribution in [3.05, 3.63) is 29.7 Å². The van der Waals surface area contributed by atoms with Crippen molar-refractivity contribution in [1.29, 1.82) is 0 Å². The van der Waals surface area contributed by atoms with Crippen molar-refractivity contribution in [1.82, 2.24) is 19.5 Å². The minimum Gasteiger partial charge on any atom is -0.292 e. The van der Waals surface area contributed by atoms with Crippen molar-refractivity contribution < 1.29 is 4.39 Å². The fraction of sp³-hybridized carbons (Fsp3) is 0.222. The van der Waals surface area contributed by atoms with Crippen LogP contribution in [0.2, 0.25) is 0 Å². The number of hydrogen-bond donors (Lipinski definition) is 2. The second-order valence-corrected chi connectivity index (χ2v) is 3.29. The number of nitrogen functional groups attached to an aromatic ring is 1. The fourth-order valence-electron chi connectivity index (χ4n) is 1.31. The third-order valence-electron chi connectivity index (χ3n) is 2.33. The topological polar surface area (TPSA) is 81.7 Å². The number of imidazole rings is 1. The molecular formula is C9H11FN6. The Balaban J connectivity index is 2.59. The van der Waals surface area contributed by atoms with Crippen LogP contribution in [0, 0.1) is 19.7 Å². The van der Waals surface area contributed by atoms with Crippen LogP contribution in [0.4, 0.5) is 10.3 Å². The molecule has 0 atom stereocenters. The lowest BCUT2D eigenvalue weighted by atomic mass is 10.4. The number of halogens is 1. The summed E-state index contributed by atoms with van der Waals surface area (Å²) in [4.78, 5) is 11.7. The molecule has 0 fully saturated rings. The molecule has 0 unspecified atom stereocenters. The highest BCUT2D eigenvalue weighted by Crippen LogP contribution is 2.15. The quantitative estimate of drug-likeness (QED) is 0.577. The molecule has 7 heteroatoms. The van der Waals surface area contributed by atoms with E-state index in [4.69, 9.17) is 5.84 Å². The van der Waals surface area contributed by atoms with Gasteiger partial charge in [0, 0.05) is 5.69 Å². The van der Waals surface area contributed by atoms with Gasteiger partial charge < -0.3 is 0 Å². The summed E-state index contributed by atoms with van der Waals surface area (Å²) in [6.07, 6.45) is 2.57. The van der Waals surface area contributed by atoms with E-state index in [2.05, 4.69) is 20.4 Å². The molecule has 0 bridgehead atoms. The molecule has 0 saturated carbocycles. The highest BCUT2D eigenvalue weighted by atomic mass is 19.1. The molecule has 0 spiro atoms. The molecule has 16 heavy (non-hydrogen) atoms. The summed E-state index contributed by atoms with van der Waals surface area (Å²) in [5.74, 6) is 4.92. The lowest BCUT2D eigenvalue weighted by molar-refractivity contribution is 0.600. The number of aromatic nitrogens is 4. The lowest BCUT2D eigenvalue weighted by Gasteiger charge is -2.06. The van der Waals surface area contributed by atoms with E-state index < -0.39 is 5.82 Å². The number of hydrazine groups is 1. The third-order valence-corrected chi connectivity index (χ3v) is 2.33. The van der Waals surface area contributed by atoms with Gasteiger partial charge >= 0.3 is 0 Å². The van der Waals surface area contributed by atoms with E-state index in [-0.39, 0.29) is 11.8 Å². The highest BCUT2D eigenvalue weighted by Gasteiger charge is 2.12. The smallest absolute Gasteiger partial charge is 0.239 e. The molecule has 6 nitrogen and oxygen atoms in total. The largest absolute Gasteiger partial charge is 0.292 e. The van der Waals surface area contributed by atoms with Gasteiger partial charge in [0.2, 0.25) is 5.95 Å². The molecule has 0 aliphatic rings. The minimum atomic E-state index is -0.528. The van der Waals surface area contributed by atoms with Crippen LogP contribution in [0.25, 0.3) is 5.82 Å². The summed E-state index contributed by atoms with van der Waals surface area (Å²) < 4.78 is 15.1. The van der Waals surface area contributed by atoms with Crippen molar-refractivity contribution in [3.8, 4) is 5.82 Å². The number of anilines is 1. The normalized spacial score (nSPS) is 10.5. The predicted molar refractivity (Wildman–Crippen MR) is 56.4 cm³/mol. The van der Waals surface area contributed by atoms with Crippen molar-refractivity contribution in [3.63, 3.8) is 0 Å². The van der Waals surface area contributed by atoms with Crippen LogP contribution in [0.1, 0.15) is 11.4 Å². The minimum absolute atomic E-state index is 0.126. The molecule has 2 aromatic heterocycles. The van der Waals surface area contributed by atoms with Gasteiger partial charge in [-0.05, 0) is 13.8 Å². The Morgan fingerprint density at radius 1 is 1.38 bits per heavy atom. The Bertz CT molecular complexity index is 521. The molecule has 0 amide bonds. The Morgan fingerprint density at radius 3 is 2.69 bits per heavy atom. The average molecular weight is 222 g/mol. The Kier molecular flexibility index (Phi) is 2.53. The summed E-state index contributed by atoms with van der Waals surface area (Å²) in [6, 6.07) is 0.